The van der Waals surface area contributed by atoms with E-state index in [1.165, 1.54) is 11.1 Å². The van der Waals surface area contributed by atoms with Crippen molar-refractivity contribution < 1.29 is 9.47 Å². The maximum atomic E-state index is 5.57. The minimum atomic E-state index is 0.590. The van der Waals surface area contributed by atoms with Gasteiger partial charge in [-0.2, -0.15) is 0 Å². The van der Waals surface area contributed by atoms with Gasteiger partial charge in [-0.3, -0.25) is 0 Å². The van der Waals surface area contributed by atoms with Crippen LogP contribution in [0.25, 0.3) is 0 Å². The predicted molar refractivity (Wildman–Crippen MR) is 65.9 cm³/mol. The van der Waals surface area contributed by atoms with Gasteiger partial charge in [0.1, 0.15) is 12.4 Å². The van der Waals surface area contributed by atoms with E-state index in [-0.39, 0.29) is 0 Å². The molecule has 0 aliphatic carbocycles. The highest BCUT2D eigenvalue weighted by Gasteiger charge is 1.97. The van der Waals surface area contributed by atoms with Crippen molar-refractivity contribution in [1.82, 2.24) is 0 Å². The summed E-state index contributed by atoms with van der Waals surface area (Å²) in [5.74, 6) is 0.908. The van der Waals surface area contributed by atoms with Crippen molar-refractivity contribution >= 4 is 0 Å². The number of hydrogen-bond acceptors (Lipinski definition) is 3. The van der Waals surface area contributed by atoms with Crippen LogP contribution in [-0.2, 0) is 4.74 Å². The zero-order valence-corrected chi connectivity index (χ0v) is 10.2. The highest BCUT2D eigenvalue weighted by Crippen LogP contribution is 2.16. The lowest BCUT2D eigenvalue weighted by Gasteiger charge is -2.08. The van der Waals surface area contributed by atoms with E-state index >= 15 is 0 Å². The van der Waals surface area contributed by atoms with E-state index in [0.29, 0.717) is 26.4 Å². The summed E-state index contributed by atoms with van der Waals surface area (Å²) in [4.78, 5) is 0. The SMILES string of the molecule is Cc1ccc(OCCOCCCN)cc1C. The topological polar surface area (TPSA) is 44.5 Å². The minimum Gasteiger partial charge on any atom is -0.491 e. The summed E-state index contributed by atoms with van der Waals surface area (Å²) < 4.78 is 10.9. The number of ether oxygens (including phenoxy) is 2. The number of rotatable bonds is 7. The summed E-state index contributed by atoms with van der Waals surface area (Å²) in [5, 5.41) is 0. The molecule has 0 amide bonds. The molecule has 1 rings (SSSR count). The molecule has 0 saturated heterocycles. The Labute approximate surface area is 97.6 Å². The first-order valence-electron chi connectivity index (χ1n) is 5.72. The lowest BCUT2D eigenvalue weighted by atomic mass is 10.1. The van der Waals surface area contributed by atoms with Crippen molar-refractivity contribution in [2.45, 2.75) is 20.3 Å². The quantitative estimate of drug-likeness (QED) is 0.719. The van der Waals surface area contributed by atoms with Crippen LogP contribution in [0.15, 0.2) is 18.2 Å². The molecular formula is C13H21NO2. The number of aryl methyl sites for hydroxylation is 2. The maximum absolute atomic E-state index is 5.57. The predicted octanol–water partition coefficient (Wildman–Crippen LogP) is 2.05. The molecule has 0 saturated carbocycles. The zero-order chi connectivity index (χ0) is 11.8. The molecule has 16 heavy (non-hydrogen) atoms. The summed E-state index contributed by atoms with van der Waals surface area (Å²) in [6, 6.07) is 6.11. The van der Waals surface area contributed by atoms with E-state index in [4.69, 9.17) is 15.2 Å². The second-order valence-corrected chi connectivity index (χ2v) is 3.85. The molecule has 0 fully saturated rings. The average Bonchev–Trinajstić information content (AvgIpc) is 2.28. The van der Waals surface area contributed by atoms with Crippen molar-refractivity contribution in [3.63, 3.8) is 0 Å². The molecule has 90 valence electrons. The Morgan fingerprint density at radius 1 is 1.06 bits per heavy atom. The zero-order valence-electron chi connectivity index (χ0n) is 10.2. The van der Waals surface area contributed by atoms with Gasteiger partial charge in [0.2, 0.25) is 0 Å². The Morgan fingerprint density at radius 3 is 2.56 bits per heavy atom. The summed E-state index contributed by atoms with van der Waals surface area (Å²) >= 11 is 0. The number of hydrogen-bond donors (Lipinski definition) is 1. The first kappa shape index (κ1) is 13.0. The molecule has 0 spiro atoms. The van der Waals surface area contributed by atoms with Gasteiger partial charge in [-0.25, -0.2) is 0 Å². The Morgan fingerprint density at radius 2 is 1.88 bits per heavy atom. The molecule has 2 N–H and O–H groups in total. The smallest absolute Gasteiger partial charge is 0.119 e. The maximum Gasteiger partial charge on any atom is 0.119 e. The molecule has 1 aromatic rings. The van der Waals surface area contributed by atoms with Crippen LogP contribution in [0.4, 0.5) is 0 Å². The third-order valence-corrected chi connectivity index (χ3v) is 2.47. The molecule has 0 heterocycles. The minimum absolute atomic E-state index is 0.590. The van der Waals surface area contributed by atoms with Crippen molar-refractivity contribution in [1.29, 1.82) is 0 Å². The van der Waals surface area contributed by atoms with Crippen LogP contribution < -0.4 is 10.5 Å². The van der Waals surface area contributed by atoms with Crippen LogP contribution in [0.1, 0.15) is 17.5 Å². The Kier molecular flexibility index (Phi) is 5.90. The molecule has 3 heteroatoms. The Hall–Kier alpha value is -1.06. The fourth-order valence-corrected chi connectivity index (χ4v) is 1.31. The van der Waals surface area contributed by atoms with Gasteiger partial charge in [0.15, 0.2) is 0 Å². The van der Waals surface area contributed by atoms with Crippen LogP contribution in [0.3, 0.4) is 0 Å². The largest absolute Gasteiger partial charge is 0.491 e. The van der Waals surface area contributed by atoms with E-state index in [0.717, 1.165) is 12.2 Å². The van der Waals surface area contributed by atoms with E-state index < -0.39 is 0 Å². The van der Waals surface area contributed by atoms with Gasteiger partial charge in [-0.1, -0.05) is 6.07 Å². The number of nitrogens with two attached hydrogens (primary N) is 1. The first-order valence-corrected chi connectivity index (χ1v) is 5.72. The molecular weight excluding hydrogens is 202 g/mol. The Balaban J connectivity index is 2.19. The third-order valence-electron chi connectivity index (χ3n) is 2.47. The van der Waals surface area contributed by atoms with Gasteiger partial charge >= 0.3 is 0 Å². The van der Waals surface area contributed by atoms with Crippen molar-refractivity contribution in [3.8, 4) is 5.75 Å². The van der Waals surface area contributed by atoms with Crippen LogP contribution in [0.2, 0.25) is 0 Å². The molecule has 3 nitrogen and oxygen atoms in total. The van der Waals surface area contributed by atoms with E-state index in [2.05, 4.69) is 26.0 Å². The second-order valence-electron chi connectivity index (χ2n) is 3.85. The molecule has 0 aliphatic rings. The van der Waals surface area contributed by atoms with Crippen molar-refractivity contribution in [2.75, 3.05) is 26.4 Å². The Bertz CT molecular complexity index is 313. The van der Waals surface area contributed by atoms with E-state index in [1.54, 1.807) is 0 Å². The lowest BCUT2D eigenvalue weighted by Crippen LogP contribution is -2.10. The van der Waals surface area contributed by atoms with Crippen molar-refractivity contribution in [3.05, 3.63) is 29.3 Å². The van der Waals surface area contributed by atoms with Gasteiger partial charge in [-0.15, -0.1) is 0 Å². The van der Waals surface area contributed by atoms with E-state index in [9.17, 15) is 0 Å². The monoisotopic (exact) mass is 223 g/mol. The number of benzene rings is 1. The average molecular weight is 223 g/mol. The molecule has 0 unspecified atom stereocenters. The fourth-order valence-electron chi connectivity index (χ4n) is 1.31. The van der Waals surface area contributed by atoms with Crippen molar-refractivity contribution in [2.24, 2.45) is 5.73 Å². The van der Waals surface area contributed by atoms with Gasteiger partial charge in [0, 0.05) is 6.61 Å². The highest BCUT2D eigenvalue weighted by atomic mass is 16.5. The van der Waals surface area contributed by atoms with Crippen LogP contribution in [0, 0.1) is 13.8 Å². The van der Waals surface area contributed by atoms with Gasteiger partial charge < -0.3 is 15.2 Å². The van der Waals surface area contributed by atoms with E-state index in [1.807, 2.05) is 6.07 Å². The normalized spacial score (nSPS) is 10.4. The highest BCUT2D eigenvalue weighted by molar-refractivity contribution is 5.33. The van der Waals surface area contributed by atoms with Crippen LogP contribution in [0.5, 0.6) is 5.75 Å². The second kappa shape index (κ2) is 7.25. The summed E-state index contributed by atoms with van der Waals surface area (Å²) in [6.07, 6.45) is 0.906. The fraction of sp³-hybridized carbons (Fsp3) is 0.538. The van der Waals surface area contributed by atoms with Gasteiger partial charge in [-0.05, 0) is 50.1 Å². The molecule has 1 aromatic carbocycles. The molecule has 0 atom stereocenters. The molecule has 0 bridgehead atoms. The van der Waals surface area contributed by atoms with Gasteiger partial charge in [0.25, 0.3) is 0 Å². The first-order chi connectivity index (χ1) is 7.74. The molecule has 0 aromatic heterocycles. The molecule has 0 aliphatic heterocycles. The van der Waals surface area contributed by atoms with Gasteiger partial charge in [0.05, 0.1) is 6.61 Å². The molecule has 0 radical (unpaired) electrons. The summed E-state index contributed by atoms with van der Waals surface area (Å²) in [7, 11) is 0. The van der Waals surface area contributed by atoms with Crippen LogP contribution in [-0.4, -0.2) is 26.4 Å². The summed E-state index contributed by atoms with van der Waals surface area (Å²) in [5.41, 5.74) is 7.89. The standard InChI is InChI=1S/C13H21NO2/c1-11-4-5-13(10-12(11)2)16-9-8-15-7-3-6-14/h4-5,10H,3,6-9,14H2,1-2H3. The lowest BCUT2D eigenvalue weighted by molar-refractivity contribution is 0.0994. The van der Waals surface area contributed by atoms with Crippen LogP contribution >= 0.6 is 0 Å². The summed E-state index contributed by atoms with van der Waals surface area (Å²) in [6.45, 7) is 6.78. The third kappa shape index (κ3) is 4.64.